The second-order valence-corrected chi connectivity index (χ2v) is 4.49. The molecule has 2 aliphatic rings. The number of esters is 1. The molecule has 1 aromatic carbocycles. The fourth-order valence-corrected chi connectivity index (χ4v) is 2.21. The number of fused-ring (bicyclic) bond motifs is 1. The smallest absolute Gasteiger partial charge is 0.468 e. The summed E-state index contributed by atoms with van der Waals surface area (Å²) in [6.07, 6.45) is -1.21. The van der Waals surface area contributed by atoms with Gasteiger partial charge in [-0.1, -0.05) is 6.07 Å². The molecule has 1 aromatic rings. The van der Waals surface area contributed by atoms with E-state index in [-0.39, 0.29) is 17.5 Å². The van der Waals surface area contributed by atoms with Crippen molar-refractivity contribution in [1.29, 1.82) is 0 Å². The normalized spacial score (nSPS) is 21.5. The van der Waals surface area contributed by atoms with Crippen LogP contribution in [-0.2, 0) is 14.9 Å². The molecular weight excluding hydrogens is 240 g/mol. The molecule has 0 unspecified atom stereocenters. The molecule has 0 saturated heterocycles. The van der Waals surface area contributed by atoms with Crippen LogP contribution in [0.5, 0.6) is 11.5 Å². The molecule has 1 saturated carbocycles. The molecule has 1 fully saturated rings. The van der Waals surface area contributed by atoms with Gasteiger partial charge in [0.1, 0.15) is 0 Å². The lowest BCUT2D eigenvalue weighted by Gasteiger charge is -2.13. The minimum atomic E-state index is -2.64. The molecule has 6 heteroatoms. The fraction of sp³-hybridized carbons (Fsp3) is 0.417. The van der Waals surface area contributed by atoms with Crippen molar-refractivity contribution in [3.63, 3.8) is 0 Å². The Bertz CT molecular complexity index is 517. The van der Waals surface area contributed by atoms with Crippen molar-refractivity contribution in [2.24, 2.45) is 0 Å². The maximum Gasteiger partial charge on any atom is 0.505 e. The first kappa shape index (κ1) is 11.3. The average Bonchev–Trinajstić information content (AvgIpc) is 3.05. The van der Waals surface area contributed by atoms with Crippen LogP contribution < -0.4 is 9.47 Å². The van der Waals surface area contributed by atoms with E-state index >= 15 is 0 Å². The van der Waals surface area contributed by atoms with Gasteiger partial charge in [0.25, 0.3) is 0 Å². The third-order valence-electron chi connectivity index (χ3n) is 3.31. The van der Waals surface area contributed by atoms with Crippen LogP contribution in [0.3, 0.4) is 0 Å². The van der Waals surface area contributed by atoms with Crippen LogP contribution in [-0.4, -0.2) is 29.5 Å². The summed E-state index contributed by atoms with van der Waals surface area (Å²) in [6, 6.07) is 4.82. The molecule has 0 atom stereocenters. The number of ether oxygens (including phenoxy) is 3. The van der Waals surface area contributed by atoms with Crippen LogP contribution in [0.25, 0.3) is 0 Å². The van der Waals surface area contributed by atoms with Gasteiger partial charge in [0.2, 0.25) is 0 Å². The Kier molecular flexibility index (Phi) is 2.11. The van der Waals surface area contributed by atoms with Crippen LogP contribution in [0.1, 0.15) is 18.4 Å². The first-order chi connectivity index (χ1) is 8.47. The van der Waals surface area contributed by atoms with Crippen molar-refractivity contribution >= 4 is 5.97 Å². The van der Waals surface area contributed by atoms with Gasteiger partial charge >= 0.3 is 12.1 Å². The minimum absolute atomic E-state index is 0.202. The van der Waals surface area contributed by atoms with Crippen LogP contribution in [0.15, 0.2) is 18.2 Å². The van der Waals surface area contributed by atoms with Crippen LogP contribution >= 0.6 is 0 Å². The third-order valence-corrected chi connectivity index (χ3v) is 3.31. The Morgan fingerprint density at radius 3 is 2.56 bits per heavy atom. The summed E-state index contributed by atoms with van der Waals surface area (Å²) in [5.41, 5.74) is 0.109. The highest BCUT2D eigenvalue weighted by Crippen LogP contribution is 2.51. The number of methoxy groups -OCH3 is 1. The number of hydrogen-bond donors (Lipinski definition) is 2. The maximum absolute atomic E-state index is 11.7. The predicted molar refractivity (Wildman–Crippen MR) is 57.8 cm³/mol. The van der Waals surface area contributed by atoms with E-state index in [0.29, 0.717) is 12.8 Å². The molecule has 96 valence electrons. The topological polar surface area (TPSA) is 85.2 Å². The highest BCUT2D eigenvalue weighted by molar-refractivity contribution is 5.86. The second-order valence-electron chi connectivity index (χ2n) is 4.49. The number of aliphatic hydroxyl groups is 2. The van der Waals surface area contributed by atoms with E-state index in [1.54, 1.807) is 18.2 Å². The largest absolute Gasteiger partial charge is 0.505 e. The summed E-state index contributed by atoms with van der Waals surface area (Å²) in [5.74, 6) is 0.137. The number of hydrogen-bond acceptors (Lipinski definition) is 6. The van der Waals surface area contributed by atoms with Crippen molar-refractivity contribution in [2.75, 3.05) is 7.11 Å². The van der Waals surface area contributed by atoms with Crippen LogP contribution in [0.2, 0.25) is 0 Å². The van der Waals surface area contributed by atoms with Gasteiger partial charge in [0, 0.05) is 0 Å². The Hall–Kier alpha value is -1.79. The minimum Gasteiger partial charge on any atom is -0.468 e. The van der Waals surface area contributed by atoms with E-state index in [1.807, 2.05) is 0 Å². The van der Waals surface area contributed by atoms with E-state index < -0.39 is 11.6 Å². The van der Waals surface area contributed by atoms with Gasteiger partial charge in [-0.2, -0.15) is 0 Å². The number of carbonyl (C=O) groups is 1. The summed E-state index contributed by atoms with van der Waals surface area (Å²) in [7, 11) is 1.35. The van der Waals surface area contributed by atoms with E-state index in [1.165, 1.54) is 7.11 Å². The fourth-order valence-electron chi connectivity index (χ4n) is 2.21. The summed E-state index contributed by atoms with van der Waals surface area (Å²) in [6.45, 7) is 0. The van der Waals surface area contributed by atoms with Crippen molar-refractivity contribution < 1.29 is 29.2 Å². The predicted octanol–water partition coefficient (Wildman–Crippen LogP) is 0.258. The lowest BCUT2D eigenvalue weighted by Crippen LogP contribution is -2.37. The van der Waals surface area contributed by atoms with Crippen LogP contribution in [0, 0.1) is 0 Å². The molecule has 0 amide bonds. The molecule has 0 aromatic heterocycles. The zero-order valence-corrected chi connectivity index (χ0v) is 9.67. The Balaban J connectivity index is 1.96. The van der Waals surface area contributed by atoms with Crippen molar-refractivity contribution in [1.82, 2.24) is 0 Å². The quantitative estimate of drug-likeness (QED) is 0.580. The van der Waals surface area contributed by atoms with Crippen molar-refractivity contribution in [3.8, 4) is 11.5 Å². The van der Waals surface area contributed by atoms with Gasteiger partial charge in [-0.05, 0) is 30.5 Å². The van der Waals surface area contributed by atoms with E-state index in [9.17, 15) is 15.0 Å². The zero-order chi connectivity index (χ0) is 13.0. The molecule has 1 aliphatic carbocycles. The molecule has 18 heavy (non-hydrogen) atoms. The molecule has 0 spiro atoms. The molecule has 3 rings (SSSR count). The summed E-state index contributed by atoms with van der Waals surface area (Å²) in [5, 5.41) is 18.4. The standard InChI is InChI=1S/C12H12O6/c1-16-10(13)11(4-5-11)7-2-3-8-9(6-7)18-12(14,15)17-8/h2-3,6,14-15H,4-5H2,1H3. The van der Waals surface area contributed by atoms with Gasteiger partial charge in [-0.3, -0.25) is 15.0 Å². The van der Waals surface area contributed by atoms with E-state index in [0.717, 1.165) is 5.56 Å². The molecular formula is C12H12O6. The van der Waals surface area contributed by atoms with Crippen molar-refractivity contribution in [2.45, 2.75) is 24.4 Å². The zero-order valence-electron chi connectivity index (χ0n) is 9.67. The Morgan fingerprint density at radius 1 is 1.28 bits per heavy atom. The highest BCUT2D eigenvalue weighted by atomic mass is 17.0. The van der Waals surface area contributed by atoms with Gasteiger partial charge in [0.15, 0.2) is 11.5 Å². The second kappa shape index (κ2) is 3.37. The third kappa shape index (κ3) is 1.53. The monoisotopic (exact) mass is 252 g/mol. The maximum atomic E-state index is 11.7. The number of benzene rings is 1. The lowest BCUT2D eigenvalue weighted by molar-refractivity contribution is -0.385. The van der Waals surface area contributed by atoms with E-state index in [2.05, 4.69) is 0 Å². The van der Waals surface area contributed by atoms with Crippen LogP contribution in [0.4, 0.5) is 0 Å². The number of carbonyl (C=O) groups excluding carboxylic acids is 1. The van der Waals surface area contributed by atoms with Crippen molar-refractivity contribution in [3.05, 3.63) is 23.8 Å². The summed E-state index contributed by atoms with van der Waals surface area (Å²) >= 11 is 0. The Morgan fingerprint density at radius 2 is 1.94 bits per heavy atom. The molecule has 1 aliphatic heterocycles. The summed E-state index contributed by atoms with van der Waals surface area (Å²) < 4.78 is 14.3. The summed E-state index contributed by atoms with van der Waals surface area (Å²) in [4.78, 5) is 11.7. The first-order valence-electron chi connectivity index (χ1n) is 5.53. The molecule has 0 bridgehead atoms. The molecule has 6 nitrogen and oxygen atoms in total. The van der Waals surface area contributed by atoms with Gasteiger partial charge < -0.3 is 14.2 Å². The Labute approximate surface area is 103 Å². The first-order valence-corrected chi connectivity index (χ1v) is 5.53. The van der Waals surface area contributed by atoms with Gasteiger partial charge in [-0.15, -0.1) is 0 Å². The van der Waals surface area contributed by atoms with Gasteiger partial charge in [-0.25, -0.2) is 0 Å². The molecule has 0 radical (unpaired) electrons. The number of rotatable bonds is 2. The van der Waals surface area contributed by atoms with E-state index in [4.69, 9.17) is 14.2 Å². The SMILES string of the molecule is COC(=O)C1(c2ccc3c(c2)OC(O)(O)O3)CC1. The van der Waals surface area contributed by atoms with Gasteiger partial charge in [0.05, 0.1) is 12.5 Å². The molecule has 1 heterocycles. The highest BCUT2D eigenvalue weighted by Gasteiger charge is 2.53. The molecule has 2 N–H and O–H groups in total. The lowest BCUT2D eigenvalue weighted by atomic mass is 9.96. The average molecular weight is 252 g/mol.